The lowest BCUT2D eigenvalue weighted by Gasteiger charge is -2.33. The summed E-state index contributed by atoms with van der Waals surface area (Å²) in [7, 11) is -1.68. The Labute approximate surface area is 153 Å². The molecule has 138 valence electrons. The molecule has 2 atom stereocenters. The van der Waals surface area contributed by atoms with Crippen LogP contribution in [0.15, 0.2) is 54.6 Å². The molecule has 2 aromatic rings. The Bertz CT molecular complexity index is 714. The van der Waals surface area contributed by atoms with E-state index in [4.69, 9.17) is 4.84 Å². The third kappa shape index (κ3) is 5.08. The molecule has 0 radical (unpaired) electrons. The van der Waals surface area contributed by atoms with Gasteiger partial charge in [0.05, 0.1) is 5.66 Å². The lowest BCUT2D eigenvalue weighted by Crippen LogP contribution is -2.44. The Morgan fingerprint density at radius 3 is 2.62 bits per heavy atom. The molecule has 2 unspecified atom stereocenters. The normalized spacial score (nSPS) is 18.8. The zero-order valence-electron chi connectivity index (χ0n) is 14.3. The van der Waals surface area contributed by atoms with Crippen LogP contribution in [0.4, 0.5) is 4.39 Å². The van der Waals surface area contributed by atoms with Gasteiger partial charge in [0.15, 0.2) is 0 Å². The molecule has 1 heterocycles. The highest BCUT2D eigenvalue weighted by Crippen LogP contribution is 2.38. The van der Waals surface area contributed by atoms with Crippen molar-refractivity contribution in [2.24, 2.45) is 0 Å². The fourth-order valence-electron chi connectivity index (χ4n) is 2.79. The molecule has 0 spiro atoms. The van der Waals surface area contributed by atoms with Gasteiger partial charge in [-0.2, -0.15) is 0 Å². The maximum Gasteiger partial charge on any atom is 0.257 e. The zero-order chi connectivity index (χ0) is 18.4. The quantitative estimate of drug-likeness (QED) is 0.728. The first-order valence-electron chi connectivity index (χ1n) is 8.58. The number of nitrogens with zero attached hydrogens (tertiary/aromatic N) is 1. The summed E-state index contributed by atoms with van der Waals surface area (Å²) >= 11 is 0. The van der Waals surface area contributed by atoms with Crippen molar-refractivity contribution in [1.82, 2.24) is 10.2 Å². The summed E-state index contributed by atoms with van der Waals surface area (Å²) in [5, 5.41) is 4.38. The summed E-state index contributed by atoms with van der Waals surface area (Å²) < 4.78 is 12.9. The van der Waals surface area contributed by atoms with Crippen molar-refractivity contribution in [3.8, 4) is 0 Å². The number of piperidine rings is 1. The number of rotatable bonds is 7. The fraction of sp³-hybridized carbons (Fsp3) is 0.316. The molecule has 0 bridgehead atoms. The number of hydrogen-bond donors (Lipinski definition) is 2. The van der Waals surface area contributed by atoms with Gasteiger partial charge in [-0.1, -0.05) is 42.5 Å². The van der Waals surface area contributed by atoms with E-state index in [1.165, 1.54) is 17.2 Å². The monoisotopic (exact) mass is 376 g/mol. The van der Waals surface area contributed by atoms with E-state index in [9.17, 15) is 14.1 Å². The van der Waals surface area contributed by atoms with Crippen molar-refractivity contribution in [2.75, 3.05) is 6.54 Å². The highest BCUT2D eigenvalue weighted by Gasteiger charge is 2.35. The van der Waals surface area contributed by atoms with Gasteiger partial charge in [-0.25, -0.2) is 9.45 Å². The highest BCUT2D eigenvalue weighted by atomic mass is 31.2. The Balaban J connectivity index is 1.52. The Hall–Kier alpha value is -1.85. The third-order valence-corrected chi connectivity index (χ3v) is 5.80. The molecule has 2 aromatic carbocycles. The van der Waals surface area contributed by atoms with Gasteiger partial charge in [-0.15, -0.1) is 0 Å². The molecule has 7 heteroatoms. The van der Waals surface area contributed by atoms with Crippen molar-refractivity contribution in [3.05, 3.63) is 71.5 Å². The Kier molecular flexibility index (Phi) is 6.69. The molecule has 1 saturated heterocycles. The number of hydrogen-bond acceptors (Lipinski definition) is 4. The molecule has 1 aliphatic heterocycles. The molecule has 2 N–H and O–H groups in total. The van der Waals surface area contributed by atoms with Crippen LogP contribution >= 0.6 is 8.30 Å². The summed E-state index contributed by atoms with van der Waals surface area (Å²) in [6, 6.07) is 15.7. The van der Waals surface area contributed by atoms with Crippen LogP contribution in [0, 0.1) is 5.82 Å². The molecule has 26 heavy (non-hydrogen) atoms. The van der Waals surface area contributed by atoms with E-state index in [0.717, 1.165) is 17.5 Å². The Morgan fingerprint density at radius 2 is 1.88 bits per heavy atom. The summed E-state index contributed by atoms with van der Waals surface area (Å²) in [4.78, 5) is 28.7. The van der Waals surface area contributed by atoms with E-state index in [2.05, 4.69) is 5.09 Å². The second-order valence-electron chi connectivity index (χ2n) is 6.16. The predicted octanol–water partition coefficient (Wildman–Crippen LogP) is 3.34. The first kappa shape index (κ1) is 18.9. The number of nitrogens with one attached hydrogen (secondary N) is 1. The van der Waals surface area contributed by atoms with Crippen LogP contribution in [0.1, 0.15) is 24.0 Å². The molecule has 1 fully saturated rings. The summed E-state index contributed by atoms with van der Waals surface area (Å²) in [6.45, 7) is 1.24. The van der Waals surface area contributed by atoms with E-state index in [1.807, 2.05) is 30.3 Å². The number of carbonyl (C=O) groups excluding carboxylic acids is 1. The minimum atomic E-state index is -1.68. The van der Waals surface area contributed by atoms with Gasteiger partial charge in [0.1, 0.15) is 20.7 Å². The van der Waals surface area contributed by atoms with E-state index >= 15 is 0 Å². The van der Waals surface area contributed by atoms with Crippen LogP contribution in [0.3, 0.4) is 0 Å². The summed E-state index contributed by atoms with van der Waals surface area (Å²) in [5.74, 6) is -0.485. The Morgan fingerprint density at radius 1 is 1.15 bits per heavy atom. The average Bonchev–Trinajstić information content (AvgIpc) is 2.67. The fourth-order valence-corrected chi connectivity index (χ4v) is 4.12. The molecular formula is C19H22FN2O3P. The van der Waals surface area contributed by atoms with Crippen molar-refractivity contribution >= 4 is 14.2 Å². The van der Waals surface area contributed by atoms with Gasteiger partial charge in [0.25, 0.3) is 5.91 Å². The molecular weight excluding hydrogens is 354 g/mol. The zero-order valence-corrected chi connectivity index (χ0v) is 15.2. The molecule has 5 nitrogen and oxygen atoms in total. The van der Waals surface area contributed by atoms with E-state index in [-0.39, 0.29) is 11.7 Å². The van der Waals surface area contributed by atoms with Gasteiger partial charge in [0.2, 0.25) is 0 Å². The molecule has 1 aliphatic rings. The minimum Gasteiger partial charge on any atom is -0.358 e. The van der Waals surface area contributed by atoms with E-state index in [1.54, 1.807) is 12.1 Å². The topological polar surface area (TPSA) is 61.8 Å². The standard InChI is InChI=1S/C19H22FN2O3P/c20-17-10-8-15(9-11-17)13-21-26(24)18-7-4-12-22(19(18)23)25-14-16-5-2-1-3-6-16/h1-3,5-6,8-11,18,21,24H,4,7,12-14H2. The summed E-state index contributed by atoms with van der Waals surface area (Å²) in [6.07, 6.45) is 1.41. The van der Waals surface area contributed by atoms with Gasteiger partial charge in [-0.05, 0) is 36.1 Å². The lowest BCUT2D eigenvalue weighted by molar-refractivity contribution is -0.196. The number of amides is 1. The average molecular weight is 376 g/mol. The van der Waals surface area contributed by atoms with E-state index in [0.29, 0.717) is 26.1 Å². The van der Waals surface area contributed by atoms with Crippen LogP contribution in [-0.4, -0.2) is 28.1 Å². The van der Waals surface area contributed by atoms with Crippen molar-refractivity contribution in [1.29, 1.82) is 0 Å². The third-order valence-electron chi connectivity index (χ3n) is 4.25. The molecule has 3 rings (SSSR count). The van der Waals surface area contributed by atoms with Crippen LogP contribution in [0.25, 0.3) is 0 Å². The first-order chi connectivity index (χ1) is 12.6. The number of benzene rings is 2. The summed E-state index contributed by atoms with van der Waals surface area (Å²) in [5.41, 5.74) is 1.35. The van der Waals surface area contributed by atoms with Gasteiger partial charge in [-0.3, -0.25) is 14.7 Å². The smallest absolute Gasteiger partial charge is 0.257 e. The predicted molar refractivity (Wildman–Crippen MR) is 98.3 cm³/mol. The molecule has 1 amide bonds. The number of carbonyl (C=O) groups is 1. The molecule has 0 saturated carbocycles. The van der Waals surface area contributed by atoms with Gasteiger partial charge < -0.3 is 4.89 Å². The maximum absolute atomic E-state index is 12.9. The van der Waals surface area contributed by atoms with Gasteiger partial charge in [0, 0.05) is 13.1 Å². The van der Waals surface area contributed by atoms with Crippen molar-refractivity contribution in [3.63, 3.8) is 0 Å². The van der Waals surface area contributed by atoms with Gasteiger partial charge >= 0.3 is 0 Å². The van der Waals surface area contributed by atoms with E-state index < -0.39 is 14.0 Å². The molecule has 0 aromatic heterocycles. The second-order valence-corrected chi connectivity index (χ2v) is 7.79. The first-order valence-corrected chi connectivity index (χ1v) is 9.94. The van der Waals surface area contributed by atoms with Crippen LogP contribution < -0.4 is 5.09 Å². The van der Waals surface area contributed by atoms with Crippen LogP contribution in [-0.2, 0) is 22.8 Å². The van der Waals surface area contributed by atoms with Crippen molar-refractivity contribution in [2.45, 2.75) is 31.7 Å². The highest BCUT2D eigenvalue weighted by molar-refractivity contribution is 7.51. The number of hydroxylamine groups is 2. The minimum absolute atomic E-state index is 0.188. The lowest BCUT2D eigenvalue weighted by atomic mass is 10.1. The molecule has 0 aliphatic carbocycles. The van der Waals surface area contributed by atoms with Crippen molar-refractivity contribution < 1.29 is 18.9 Å². The second kappa shape index (κ2) is 9.19. The SMILES string of the molecule is O=C1C(P(O)NCc2ccc(F)cc2)CCCN1OCc1ccccc1. The van der Waals surface area contributed by atoms with Crippen LogP contribution in [0.2, 0.25) is 0 Å². The largest absolute Gasteiger partial charge is 0.358 e. The van der Waals surface area contributed by atoms with Crippen LogP contribution in [0.5, 0.6) is 0 Å². The number of halogens is 1. The maximum atomic E-state index is 12.9.